The van der Waals surface area contributed by atoms with Gasteiger partial charge >= 0.3 is 0 Å². The number of unbranched alkanes of at least 4 members (excludes halogenated alkanes) is 1. The topological polar surface area (TPSA) is 70.1 Å². The summed E-state index contributed by atoms with van der Waals surface area (Å²) in [6.45, 7) is 3.03. The summed E-state index contributed by atoms with van der Waals surface area (Å²) >= 11 is 0. The highest BCUT2D eigenvalue weighted by Crippen LogP contribution is 2.11. The number of aromatic nitrogens is 2. The predicted octanol–water partition coefficient (Wildman–Crippen LogP) is 1.01. The van der Waals surface area contributed by atoms with Crippen LogP contribution >= 0.6 is 0 Å². The number of hydrogen-bond donors (Lipinski definition) is 3. The van der Waals surface area contributed by atoms with Crippen molar-refractivity contribution >= 4 is 11.8 Å². The lowest BCUT2D eigenvalue weighted by Crippen LogP contribution is -2.08. The Labute approximate surface area is 90.0 Å². The first-order chi connectivity index (χ1) is 7.27. The first-order valence-corrected chi connectivity index (χ1v) is 5.14. The third kappa shape index (κ3) is 3.71. The number of nitrogens with one attached hydrogen (secondary N) is 2. The van der Waals surface area contributed by atoms with Crippen LogP contribution in [0.25, 0.3) is 0 Å². The second-order valence-electron chi connectivity index (χ2n) is 3.33. The van der Waals surface area contributed by atoms with Crippen LogP contribution in [0.4, 0.5) is 11.8 Å². The lowest BCUT2D eigenvalue weighted by molar-refractivity contribution is 0.286. The number of aryl methyl sites for hydroxylation is 1. The van der Waals surface area contributed by atoms with E-state index in [1.165, 1.54) is 0 Å². The molecule has 0 aliphatic rings. The summed E-state index contributed by atoms with van der Waals surface area (Å²) in [6, 6.07) is 0. The van der Waals surface area contributed by atoms with E-state index in [2.05, 4.69) is 20.6 Å². The van der Waals surface area contributed by atoms with E-state index in [9.17, 15) is 0 Å². The summed E-state index contributed by atoms with van der Waals surface area (Å²) in [4.78, 5) is 8.39. The second-order valence-corrected chi connectivity index (χ2v) is 3.33. The van der Waals surface area contributed by atoms with Gasteiger partial charge in [0.1, 0.15) is 5.82 Å². The van der Waals surface area contributed by atoms with Crippen LogP contribution in [-0.4, -0.2) is 35.3 Å². The fourth-order valence-corrected chi connectivity index (χ4v) is 1.19. The quantitative estimate of drug-likeness (QED) is 0.611. The summed E-state index contributed by atoms with van der Waals surface area (Å²) in [6.07, 6.45) is 3.54. The van der Waals surface area contributed by atoms with E-state index in [1.807, 2.05) is 6.92 Å². The minimum Gasteiger partial charge on any atom is -0.396 e. The van der Waals surface area contributed by atoms with Crippen LogP contribution < -0.4 is 10.6 Å². The van der Waals surface area contributed by atoms with Crippen molar-refractivity contribution in [1.29, 1.82) is 0 Å². The highest BCUT2D eigenvalue weighted by Gasteiger charge is 2.01. The second kappa shape index (κ2) is 6.19. The maximum Gasteiger partial charge on any atom is 0.224 e. The van der Waals surface area contributed by atoms with Gasteiger partial charge in [-0.2, -0.15) is 4.98 Å². The van der Waals surface area contributed by atoms with E-state index in [1.54, 1.807) is 13.2 Å². The maximum absolute atomic E-state index is 8.64. The Morgan fingerprint density at radius 3 is 2.87 bits per heavy atom. The number of aliphatic hydroxyl groups is 1. The summed E-state index contributed by atoms with van der Waals surface area (Å²) in [5, 5.41) is 14.8. The van der Waals surface area contributed by atoms with Crippen LogP contribution in [-0.2, 0) is 0 Å². The molecule has 0 saturated carbocycles. The van der Waals surface area contributed by atoms with Crippen LogP contribution in [0.2, 0.25) is 0 Å². The van der Waals surface area contributed by atoms with Gasteiger partial charge in [0, 0.05) is 32.0 Å². The van der Waals surface area contributed by atoms with Gasteiger partial charge in [-0.05, 0) is 19.8 Å². The van der Waals surface area contributed by atoms with Crippen molar-refractivity contribution in [1.82, 2.24) is 9.97 Å². The van der Waals surface area contributed by atoms with Gasteiger partial charge in [-0.3, -0.25) is 0 Å². The molecular weight excluding hydrogens is 192 g/mol. The van der Waals surface area contributed by atoms with Crippen molar-refractivity contribution < 1.29 is 5.11 Å². The predicted molar refractivity (Wildman–Crippen MR) is 61.1 cm³/mol. The SMILES string of the molecule is CNc1ncc(C)c(NCCCCO)n1. The van der Waals surface area contributed by atoms with Crippen molar-refractivity contribution in [2.45, 2.75) is 19.8 Å². The van der Waals surface area contributed by atoms with Gasteiger partial charge in [0.05, 0.1) is 0 Å². The first-order valence-electron chi connectivity index (χ1n) is 5.14. The molecule has 0 aromatic carbocycles. The molecule has 1 aromatic rings. The first kappa shape index (κ1) is 11.7. The molecule has 0 unspecified atom stereocenters. The average Bonchev–Trinajstić information content (AvgIpc) is 2.26. The molecule has 0 atom stereocenters. The highest BCUT2D eigenvalue weighted by molar-refractivity contribution is 5.46. The standard InChI is InChI=1S/C10H18N4O/c1-8-7-13-10(11-2)14-9(8)12-5-3-4-6-15/h7,15H,3-6H2,1-2H3,(H2,11,12,13,14). The highest BCUT2D eigenvalue weighted by atomic mass is 16.2. The number of anilines is 2. The van der Waals surface area contributed by atoms with Gasteiger partial charge in [0.25, 0.3) is 0 Å². The van der Waals surface area contributed by atoms with Gasteiger partial charge in [0.15, 0.2) is 0 Å². The fourth-order valence-electron chi connectivity index (χ4n) is 1.19. The molecule has 15 heavy (non-hydrogen) atoms. The molecule has 5 heteroatoms. The lowest BCUT2D eigenvalue weighted by Gasteiger charge is -2.08. The van der Waals surface area contributed by atoms with E-state index in [0.29, 0.717) is 5.95 Å². The molecule has 0 amide bonds. The molecule has 0 aliphatic carbocycles. The Kier molecular flexibility index (Phi) is 4.83. The van der Waals surface area contributed by atoms with Crippen molar-refractivity contribution in [2.75, 3.05) is 30.8 Å². The van der Waals surface area contributed by atoms with Gasteiger partial charge < -0.3 is 15.7 Å². The van der Waals surface area contributed by atoms with Crippen molar-refractivity contribution in [3.8, 4) is 0 Å². The van der Waals surface area contributed by atoms with E-state index in [4.69, 9.17) is 5.11 Å². The zero-order chi connectivity index (χ0) is 11.1. The van der Waals surface area contributed by atoms with Crippen LogP contribution in [0.3, 0.4) is 0 Å². The van der Waals surface area contributed by atoms with E-state index < -0.39 is 0 Å². The van der Waals surface area contributed by atoms with Crippen molar-refractivity contribution in [2.24, 2.45) is 0 Å². The van der Waals surface area contributed by atoms with Crippen LogP contribution in [0.1, 0.15) is 18.4 Å². The molecule has 1 aromatic heterocycles. The molecule has 0 spiro atoms. The number of hydrogen-bond acceptors (Lipinski definition) is 5. The molecule has 0 fully saturated rings. The van der Waals surface area contributed by atoms with Crippen LogP contribution in [0.15, 0.2) is 6.20 Å². The molecule has 0 saturated heterocycles. The largest absolute Gasteiger partial charge is 0.396 e. The minimum absolute atomic E-state index is 0.242. The zero-order valence-corrected chi connectivity index (χ0v) is 9.25. The Morgan fingerprint density at radius 1 is 1.40 bits per heavy atom. The van der Waals surface area contributed by atoms with Crippen molar-refractivity contribution in [3.05, 3.63) is 11.8 Å². The number of aliphatic hydroxyl groups excluding tert-OH is 1. The van der Waals surface area contributed by atoms with Gasteiger partial charge in [-0.15, -0.1) is 0 Å². The molecule has 0 bridgehead atoms. The molecule has 1 heterocycles. The Hall–Kier alpha value is -1.36. The van der Waals surface area contributed by atoms with E-state index >= 15 is 0 Å². The monoisotopic (exact) mass is 210 g/mol. The zero-order valence-electron chi connectivity index (χ0n) is 9.25. The normalized spacial score (nSPS) is 10.1. The Balaban J connectivity index is 2.51. The average molecular weight is 210 g/mol. The van der Waals surface area contributed by atoms with Crippen molar-refractivity contribution in [3.63, 3.8) is 0 Å². The van der Waals surface area contributed by atoms with Gasteiger partial charge in [-0.1, -0.05) is 0 Å². The fraction of sp³-hybridized carbons (Fsp3) is 0.600. The van der Waals surface area contributed by atoms with Gasteiger partial charge in [0.2, 0.25) is 5.95 Å². The Morgan fingerprint density at radius 2 is 2.20 bits per heavy atom. The lowest BCUT2D eigenvalue weighted by atomic mass is 10.3. The third-order valence-corrected chi connectivity index (χ3v) is 2.07. The third-order valence-electron chi connectivity index (χ3n) is 2.07. The summed E-state index contributed by atoms with van der Waals surface area (Å²) in [7, 11) is 1.79. The Bertz CT molecular complexity index is 303. The molecule has 3 N–H and O–H groups in total. The molecule has 5 nitrogen and oxygen atoms in total. The molecule has 0 radical (unpaired) electrons. The van der Waals surface area contributed by atoms with Crippen LogP contribution in [0, 0.1) is 6.92 Å². The molecule has 84 valence electrons. The molecule has 0 aliphatic heterocycles. The number of nitrogens with zero attached hydrogens (tertiary/aromatic N) is 2. The van der Waals surface area contributed by atoms with Crippen LogP contribution in [0.5, 0.6) is 0 Å². The van der Waals surface area contributed by atoms with E-state index in [0.717, 1.165) is 30.8 Å². The summed E-state index contributed by atoms with van der Waals surface area (Å²) < 4.78 is 0. The smallest absolute Gasteiger partial charge is 0.224 e. The van der Waals surface area contributed by atoms with Gasteiger partial charge in [-0.25, -0.2) is 4.98 Å². The number of rotatable bonds is 6. The summed E-state index contributed by atoms with van der Waals surface area (Å²) in [5.74, 6) is 1.47. The minimum atomic E-state index is 0.242. The van der Waals surface area contributed by atoms with E-state index in [-0.39, 0.29) is 6.61 Å². The summed E-state index contributed by atoms with van der Waals surface area (Å²) in [5.41, 5.74) is 1.03. The maximum atomic E-state index is 8.64. The molecule has 1 rings (SSSR count). The molecular formula is C10H18N4O.